The van der Waals surface area contributed by atoms with Crippen LogP contribution in [0.2, 0.25) is 0 Å². The van der Waals surface area contributed by atoms with E-state index in [1.54, 1.807) is 11.3 Å². The van der Waals surface area contributed by atoms with Crippen LogP contribution in [0.15, 0.2) is 5.38 Å². The van der Waals surface area contributed by atoms with Crippen molar-refractivity contribution < 1.29 is 19.1 Å². The number of aromatic nitrogens is 1. The maximum Gasteiger partial charge on any atom is 0.249 e. The number of carbonyl (C=O) groups excluding carboxylic acids is 2. The highest BCUT2D eigenvalue weighted by molar-refractivity contribution is 7.09. The SMILES string of the molecule is Cc1nc(CN2CC3(CCN(C(=O)C4CCOC4)CC3)OCC2=O)cs1. The minimum atomic E-state index is -0.331. The van der Waals surface area contributed by atoms with Gasteiger partial charge in [-0.2, -0.15) is 0 Å². The molecule has 4 heterocycles. The van der Waals surface area contributed by atoms with Crippen molar-refractivity contribution in [3.05, 3.63) is 16.1 Å². The van der Waals surface area contributed by atoms with Gasteiger partial charge in [0.05, 0.1) is 41.9 Å². The van der Waals surface area contributed by atoms with Gasteiger partial charge in [0.25, 0.3) is 0 Å². The smallest absolute Gasteiger partial charge is 0.249 e. The number of amides is 2. The second-order valence-corrected chi connectivity index (χ2v) is 8.53. The largest absolute Gasteiger partial charge is 0.381 e. The molecule has 7 nitrogen and oxygen atoms in total. The van der Waals surface area contributed by atoms with Crippen molar-refractivity contribution in [2.45, 2.75) is 38.3 Å². The van der Waals surface area contributed by atoms with Crippen LogP contribution in [0.3, 0.4) is 0 Å². The van der Waals surface area contributed by atoms with Gasteiger partial charge in [-0.1, -0.05) is 0 Å². The van der Waals surface area contributed by atoms with E-state index in [0.717, 1.165) is 30.0 Å². The summed E-state index contributed by atoms with van der Waals surface area (Å²) in [4.78, 5) is 33.1. The zero-order chi connectivity index (χ0) is 18.1. The molecule has 3 aliphatic heterocycles. The van der Waals surface area contributed by atoms with Gasteiger partial charge < -0.3 is 19.3 Å². The topological polar surface area (TPSA) is 72.0 Å². The van der Waals surface area contributed by atoms with Crippen LogP contribution < -0.4 is 0 Å². The van der Waals surface area contributed by atoms with Gasteiger partial charge in [0.1, 0.15) is 6.61 Å². The molecule has 0 bridgehead atoms. The molecule has 26 heavy (non-hydrogen) atoms. The molecule has 0 N–H and O–H groups in total. The third-order valence-electron chi connectivity index (χ3n) is 5.62. The van der Waals surface area contributed by atoms with Gasteiger partial charge in [-0.15, -0.1) is 11.3 Å². The van der Waals surface area contributed by atoms with Crippen molar-refractivity contribution >= 4 is 23.2 Å². The Bertz CT molecular complexity index is 678. The molecule has 1 aromatic rings. The number of nitrogens with zero attached hydrogens (tertiary/aromatic N) is 3. The first-order valence-corrected chi connectivity index (χ1v) is 10.1. The van der Waals surface area contributed by atoms with Gasteiger partial charge >= 0.3 is 0 Å². The Morgan fingerprint density at radius 3 is 2.88 bits per heavy atom. The first-order chi connectivity index (χ1) is 12.5. The molecular formula is C18H25N3O4S. The predicted molar refractivity (Wildman–Crippen MR) is 95.7 cm³/mol. The highest BCUT2D eigenvalue weighted by atomic mass is 32.1. The van der Waals surface area contributed by atoms with Gasteiger partial charge in [-0.25, -0.2) is 4.98 Å². The molecule has 3 aliphatic rings. The van der Waals surface area contributed by atoms with Gasteiger partial charge in [0.2, 0.25) is 11.8 Å². The molecule has 1 spiro atoms. The normalized spacial score (nSPS) is 25.9. The Hall–Kier alpha value is -1.51. The first-order valence-electron chi connectivity index (χ1n) is 9.24. The molecule has 142 valence electrons. The molecule has 4 rings (SSSR count). The lowest BCUT2D eigenvalue weighted by molar-refractivity contribution is -0.175. The molecule has 1 aromatic heterocycles. The second-order valence-electron chi connectivity index (χ2n) is 7.47. The zero-order valence-corrected chi connectivity index (χ0v) is 15.9. The molecule has 0 aliphatic carbocycles. The number of carbonyl (C=O) groups is 2. The fraction of sp³-hybridized carbons (Fsp3) is 0.722. The average Bonchev–Trinajstić information content (AvgIpc) is 3.31. The minimum absolute atomic E-state index is 0.0160. The lowest BCUT2D eigenvalue weighted by atomic mass is 9.88. The number of rotatable bonds is 3. The van der Waals surface area contributed by atoms with Crippen molar-refractivity contribution in [1.82, 2.24) is 14.8 Å². The molecule has 0 radical (unpaired) electrons. The Morgan fingerprint density at radius 2 is 2.23 bits per heavy atom. The summed E-state index contributed by atoms with van der Waals surface area (Å²) in [6.45, 7) is 5.82. The Balaban J connectivity index is 1.36. The van der Waals surface area contributed by atoms with E-state index in [0.29, 0.717) is 39.4 Å². The molecule has 3 fully saturated rings. The molecule has 2 amide bonds. The van der Waals surface area contributed by atoms with Gasteiger partial charge in [-0.05, 0) is 26.2 Å². The third-order valence-corrected chi connectivity index (χ3v) is 6.44. The van der Waals surface area contributed by atoms with Crippen LogP contribution >= 0.6 is 11.3 Å². The van der Waals surface area contributed by atoms with Gasteiger partial charge in [-0.3, -0.25) is 9.59 Å². The highest BCUT2D eigenvalue weighted by Gasteiger charge is 2.43. The summed E-state index contributed by atoms with van der Waals surface area (Å²) in [6, 6.07) is 0. The highest BCUT2D eigenvalue weighted by Crippen LogP contribution is 2.32. The van der Waals surface area contributed by atoms with E-state index >= 15 is 0 Å². The molecule has 1 atom stereocenters. The lowest BCUT2D eigenvalue weighted by Gasteiger charge is -2.47. The quantitative estimate of drug-likeness (QED) is 0.789. The summed E-state index contributed by atoms with van der Waals surface area (Å²) in [5.74, 6) is 0.240. The summed E-state index contributed by atoms with van der Waals surface area (Å²) in [5.41, 5.74) is 0.605. The van der Waals surface area contributed by atoms with Crippen LogP contribution in [0, 0.1) is 12.8 Å². The molecule has 0 aromatic carbocycles. The van der Waals surface area contributed by atoms with Crippen molar-refractivity contribution in [2.75, 3.05) is 39.5 Å². The number of morpholine rings is 1. The third kappa shape index (κ3) is 3.63. The fourth-order valence-corrected chi connectivity index (χ4v) is 4.64. The van der Waals surface area contributed by atoms with Crippen LogP contribution in [0.25, 0.3) is 0 Å². The number of hydrogen-bond donors (Lipinski definition) is 0. The molecular weight excluding hydrogens is 354 g/mol. The Kier molecular flexibility index (Phi) is 4.98. The van der Waals surface area contributed by atoms with Gasteiger partial charge in [0.15, 0.2) is 0 Å². The van der Waals surface area contributed by atoms with Crippen molar-refractivity contribution in [1.29, 1.82) is 0 Å². The van der Waals surface area contributed by atoms with Crippen LogP contribution in [-0.4, -0.2) is 71.7 Å². The summed E-state index contributed by atoms with van der Waals surface area (Å²) in [7, 11) is 0. The van der Waals surface area contributed by atoms with E-state index in [1.165, 1.54) is 0 Å². The Morgan fingerprint density at radius 1 is 1.42 bits per heavy atom. The van der Waals surface area contributed by atoms with Crippen LogP contribution in [-0.2, 0) is 25.6 Å². The number of ether oxygens (including phenoxy) is 2. The van der Waals surface area contributed by atoms with E-state index in [-0.39, 0.29) is 29.9 Å². The number of thiazole rings is 1. The Labute approximate surface area is 157 Å². The molecule has 8 heteroatoms. The van der Waals surface area contributed by atoms with Crippen molar-refractivity contribution in [2.24, 2.45) is 5.92 Å². The standard InChI is InChI=1S/C18H25N3O4S/c1-13-19-15(11-26-13)8-21-12-18(25-10-16(21)22)3-5-20(6-4-18)17(23)14-2-7-24-9-14/h11,14H,2-10,12H2,1H3. The minimum Gasteiger partial charge on any atom is -0.381 e. The average molecular weight is 379 g/mol. The second kappa shape index (κ2) is 7.25. The van der Waals surface area contributed by atoms with E-state index < -0.39 is 0 Å². The maximum atomic E-state index is 12.6. The number of piperidine rings is 1. The summed E-state index contributed by atoms with van der Waals surface area (Å²) in [6.07, 6.45) is 2.37. The summed E-state index contributed by atoms with van der Waals surface area (Å²) in [5, 5.41) is 3.02. The zero-order valence-electron chi connectivity index (χ0n) is 15.1. The summed E-state index contributed by atoms with van der Waals surface area (Å²) >= 11 is 1.60. The predicted octanol–water partition coefficient (Wildman–Crippen LogP) is 1.21. The van der Waals surface area contributed by atoms with Crippen LogP contribution in [0.4, 0.5) is 0 Å². The fourth-order valence-electron chi connectivity index (χ4n) is 4.03. The number of hydrogen-bond acceptors (Lipinski definition) is 6. The summed E-state index contributed by atoms with van der Waals surface area (Å²) < 4.78 is 11.3. The van der Waals surface area contributed by atoms with E-state index in [1.807, 2.05) is 22.1 Å². The van der Waals surface area contributed by atoms with Crippen molar-refractivity contribution in [3.63, 3.8) is 0 Å². The van der Waals surface area contributed by atoms with Crippen LogP contribution in [0.1, 0.15) is 30.0 Å². The van der Waals surface area contributed by atoms with Crippen molar-refractivity contribution in [3.8, 4) is 0 Å². The van der Waals surface area contributed by atoms with E-state index in [2.05, 4.69) is 4.98 Å². The molecule has 3 saturated heterocycles. The number of likely N-dealkylation sites (tertiary alicyclic amines) is 1. The van der Waals surface area contributed by atoms with E-state index in [4.69, 9.17) is 9.47 Å². The van der Waals surface area contributed by atoms with Crippen LogP contribution in [0.5, 0.6) is 0 Å². The first kappa shape index (κ1) is 17.9. The van der Waals surface area contributed by atoms with E-state index in [9.17, 15) is 9.59 Å². The molecule has 0 saturated carbocycles. The monoisotopic (exact) mass is 379 g/mol. The van der Waals surface area contributed by atoms with Gasteiger partial charge in [0, 0.05) is 25.1 Å². The number of aryl methyl sites for hydroxylation is 1. The lowest BCUT2D eigenvalue weighted by Crippen LogP contribution is -2.59. The maximum absolute atomic E-state index is 12.6. The molecule has 1 unspecified atom stereocenters.